The van der Waals surface area contributed by atoms with E-state index in [4.69, 9.17) is 4.74 Å². The van der Waals surface area contributed by atoms with Crippen molar-refractivity contribution in [2.75, 3.05) is 23.8 Å². The lowest BCUT2D eigenvalue weighted by atomic mass is 10.1. The van der Waals surface area contributed by atoms with Gasteiger partial charge in [0.05, 0.1) is 17.2 Å². The Labute approximate surface area is 170 Å². The fourth-order valence-electron chi connectivity index (χ4n) is 2.82. The summed E-state index contributed by atoms with van der Waals surface area (Å²) < 4.78 is 31.7. The summed E-state index contributed by atoms with van der Waals surface area (Å²) in [5.41, 5.74) is 2.51. The zero-order chi connectivity index (χ0) is 20.9. The molecule has 0 bridgehead atoms. The van der Waals surface area contributed by atoms with Crippen molar-refractivity contribution >= 4 is 27.3 Å². The average Bonchev–Trinajstić information content (AvgIpc) is 2.74. The number of nitrogens with zero attached hydrogens (tertiary/aromatic N) is 1. The molecule has 0 aliphatic heterocycles. The van der Waals surface area contributed by atoms with Crippen LogP contribution in [0.5, 0.6) is 0 Å². The van der Waals surface area contributed by atoms with Gasteiger partial charge in [0.2, 0.25) is 0 Å². The van der Waals surface area contributed by atoms with Crippen molar-refractivity contribution in [3.05, 3.63) is 90.0 Å². The van der Waals surface area contributed by atoms with Gasteiger partial charge in [0.1, 0.15) is 0 Å². The van der Waals surface area contributed by atoms with Crippen LogP contribution in [0, 0.1) is 0 Å². The summed E-state index contributed by atoms with van der Waals surface area (Å²) in [6.07, 6.45) is 0. The number of amides is 1. The first-order valence-electron chi connectivity index (χ1n) is 8.95. The third kappa shape index (κ3) is 4.82. The fraction of sp³-hybridized carbons (Fsp3) is 0.136. The van der Waals surface area contributed by atoms with Gasteiger partial charge in [0.25, 0.3) is 15.9 Å². The van der Waals surface area contributed by atoms with Crippen LogP contribution >= 0.6 is 0 Å². The third-order valence-corrected chi connectivity index (χ3v) is 6.19. The van der Waals surface area contributed by atoms with Crippen molar-refractivity contribution in [1.82, 2.24) is 0 Å². The van der Waals surface area contributed by atoms with Crippen LogP contribution in [-0.2, 0) is 21.4 Å². The summed E-state index contributed by atoms with van der Waals surface area (Å²) in [5.74, 6) is -0.278. The molecule has 1 amide bonds. The molecule has 0 fully saturated rings. The van der Waals surface area contributed by atoms with Crippen LogP contribution in [-0.4, -0.2) is 28.5 Å². The molecule has 7 heteroatoms. The van der Waals surface area contributed by atoms with Gasteiger partial charge in [-0.15, -0.1) is 0 Å². The second-order valence-corrected chi connectivity index (χ2v) is 8.39. The quantitative estimate of drug-likeness (QED) is 0.641. The Balaban J connectivity index is 1.74. The number of nitrogens with one attached hydrogen (secondary N) is 1. The van der Waals surface area contributed by atoms with Crippen molar-refractivity contribution in [2.24, 2.45) is 0 Å². The summed E-state index contributed by atoms with van der Waals surface area (Å²) in [5, 5.41) is 2.84. The molecule has 150 valence electrons. The lowest BCUT2D eigenvalue weighted by Crippen LogP contribution is -2.26. The first-order chi connectivity index (χ1) is 13.9. The van der Waals surface area contributed by atoms with Crippen molar-refractivity contribution in [3.8, 4) is 0 Å². The number of rotatable bonds is 7. The number of carbonyl (C=O) groups excluding carboxylic acids is 1. The van der Waals surface area contributed by atoms with Gasteiger partial charge >= 0.3 is 0 Å². The van der Waals surface area contributed by atoms with Gasteiger partial charge in [-0.3, -0.25) is 9.10 Å². The van der Waals surface area contributed by atoms with E-state index in [1.54, 1.807) is 67.8 Å². The standard InChI is InChI=1S/C22H22N2O4S/c1-24(29(26,27)21-9-4-3-5-10-21)20-13-11-18(12-14-20)22(25)23-19-8-6-7-17(15-19)16-28-2/h3-15H,16H2,1-2H3,(H,23,25). The molecule has 0 radical (unpaired) electrons. The van der Waals surface area contributed by atoms with E-state index in [0.717, 1.165) is 5.56 Å². The minimum absolute atomic E-state index is 0.209. The van der Waals surface area contributed by atoms with E-state index >= 15 is 0 Å². The largest absolute Gasteiger partial charge is 0.380 e. The van der Waals surface area contributed by atoms with Crippen LogP contribution in [0.2, 0.25) is 0 Å². The summed E-state index contributed by atoms with van der Waals surface area (Å²) in [6.45, 7) is 0.459. The predicted molar refractivity (Wildman–Crippen MR) is 114 cm³/mol. The Morgan fingerprint density at radius 3 is 2.31 bits per heavy atom. The Hall–Kier alpha value is -3.16. The van der Waals surface area contributed by atoms with E-state index in [1.165, 1.54) is 11.4 Å². The molecule has 0 aliphatic carbocycles. The molecule has 6 nitrogen and oxygen atoms in total. The van der Waals surface area contributed by atoms with Crippen LogP contribution in [0.4, 0.5) is 11.4 Å². The van der Waals surface area contributed by atoms with Gasteiger partial charge < -0.3 is 10.1 Å². The number of anilines is 2. The number of benzene rings is 3. The highest BCUT2D eigenvalue weighted by molar-refractivity contribution is 7.92. The van der Waals surface area contributed by atoms with E-state index < -0.39 is 10.0 Å². The molecule has 0 atom stereocenters. The van der Waals surface area contributed by atoms with Crippen molar-refractivity contribution < 1.29 is 17.9 Å². The second-order valence-electron chi connectivity index (χ2n) is 6.42. The van der Waals surface area contributed by atoms with Gasteiger partial charge in [-0.25, -0.2) is 8.42 Å². The first-order valence-corrected chi connectivity index (χ1v) is 10.4. The molecule has 0 saturated carbocycles. The number of methoxy groups -OCH3 is 1. The number of hydrogen-bond acceptors (Lipinski definition) is 4. The van der Waals surface area contributed by atoms with Crippen LogP contribution in [0.3, 0.4) is 0 Å². The molecule has 0 heterocycles. The van der Waals surface area contributed by atoms with Gasteiger partial charge in [-0.1, -0.05) is 30.3 Å². The Kier molecular flexibility index (Phi) is 6.31. The van der Waals surface area contributed by atoms with Gasteiger partial charge in [-0.2, -0.15) is 0 Å². The molecule has 0 aliphatic rings. The maximum atomic E-state index is 12.7. The Morgan fingerprint density at radius 2 is 1.66 bits per heavy atom. The molecule has 0 saturated heterocycles. The van der Waals surface area contributed by atoms with E-state index in [1.807, 2.05) is 18.2 Å². The highest BCUT2D eigenvalue weighted by Crippen LogP contribution is 2.22. The number of ether oxygens (including phenoxy) is 1. The Bertz CT molecular complexity index is 1080. The maximum absolute atomic E-state index is 12.7. The molecule has 0 aromatic heterocycles. The normalized spacial score (nSPS) is 11.1. The van der Waals surface area contributed by atoms with Gasteiger partial charge in [0.15, 0.2) is 0 Å². The molecule has 29 heavy (non-hydrogen) atoms. The fourth-order valence-corrected chi connectivity index (χ4v) is 4.04. The maximum Gasteiger partial charge on any atom is 0.264 e. The number of carbonyl (C=O) groups is 1. The van der Waals surface area contributed by atoms with Crippen LogP contribution in [0.25, 0.3) is 0 Å². The number of sulfonamides is 1. The minimum atomic E-state index is -3.66. The van der Waals surface area contributed by atoms with E-state index in [2.05, 4.69) is 5.32 Å². The lowest BCUT2D eigenvalue weighted by molar-refractivity contribution is 0.102. The summed E-state index contributed by atoms with van der Waals surface area (Å²) in [7, 11) is -0.565. The van der Waals surface area contributed by atoms with Crippen molar-refractivity contribution in [3.63, 3.8) is 0 Å². The highest BCUT2D eigenvalue weighted by Gasteiger charge is 2.21. The lowest BCUT2D eigenvalue weighted by Gasteiger charge is -2.19. The zero-order valence-electron chi connectivity index (χ0n) is 16.2. The van der Waals surface area contributed by atoms with Crippen molar-refractivity contribution in [2.45, 2.75) is 11.5 Å². The van der Waals surface area contributed by atoms with Crippen LogP contribution in [0.1, 0.15) is 15.9 Å². The molecule has 3 aromatic carbocycles. The van der Waals surface area contributed by atoms with Crippen LogP contribution in [0.15, 0.2) is 83.8 Å². The van der Waals surface area contributed by atoms with Gasteiger partial charge in [-0.05, 0) is 54.1 Å². The van der Waals surface area contributed by atoms with Crippen LogP contribution < -0.4 is 9.62 Å². The van der Waals surface area contributed by atoms with E-state index in [0.29, 0.717) is 23.5 Å². The molecular weight excluding hydrogens is 388 g/mol. The summed E-state index contributed by atoms with van der Waals surface area (Å²) in [4.78, 5) is 12.7. The predicted octanol–water partition coefficient (Wildman–Crippen LogP) is 3.91. The third-order valence-electron chi connectivity index (χ3n) is 4.39. The first kappa shape index (κ1) is 20.6. The van der Waals surface area contributed by atoms with Crippen molar-refractivity contribution in [1.29, 1.82) is 0 Å². The van der Waals surface area contributed by atoms with E-state index in [-0.39, 0.29) is 10.8 Å². The molecular formula is C22H22N2O4S. The molecule has 0 spiro atoms. The smallest absolute Gasteiger partial charge is 0.264 e. The SMILES string of the molecule is COCc1cccc(NC(=O)c2ccc(N(C)S(=O)(=O)c3ccccc3)cc2)c1. The second kappa shape index (κ2) is 8.89. The Morgan fingerprint density at radius 1 is 0.966 bits per heavy atom. The summed E-state index contributed by atoms with van der Waals surface area (Å²) in [6, 6.07) is 22.0. The van der Waals surface area contributed by atoms with E-state index in [9.17, 15) is 13.2 Å². The molecule has 3 rings (SSSR count). The molecule has 3 aromatic rings. The van der Waals surface area contributed by atoms with Gasteiger partial charge in [0, 0.05) is 25.4 Å². The topological polar surface area (TPSA) is 75.7 Å². The molecule has 0 unspecified atom stereocenters. The number of hydrogen-bond donors (Lipinski definition) is 1. The minimum Gasteiger partial charge on any atom is -0.380 e. The highest BCUT2D eigenvalue weighted by atomic mass is 32.2. The average molecular weight is 410 g/mol. The monoisotopic (exact) mass is 410 g/mol. The zero-order valence-corrected chi connectivity index (χ0v) is 17.0. The molecule has 1 N–H and O–H groups in total. The summed E-state index contributed by atoms with van der Waals surface area (Å²) >= 11 is 0.